The van der Waals surface area contributed by atoms with Crippen molar-refractivity contribution in [2.45, 2.75) is 25.1 Å². The number of hydrogen-bond donors (Lipinski definition) is 1. The van der Waals surface area contributed by atoms with Crippen LogP contribution in [0.2, 0.25) is 4.34 Å². The molecule has 3 nitrogen and oxygen atoms in total. The molecule has 0 aliphatic rings. The molecule has 0 amide bonds. The maximum absolute atomic E-state index is 11.1. The van der Waals surface area contributed by atoms with E-state index in [-0.39, 0.29) is 5.25 Å². The minimum atomic E-state index is -0.728. The third-order valence-electron chi connectivity index (χ3n) is 2.10. The first-order valence-corrected chi connectivity index (χ1v) is 7.54. The lowest BCUT2D eigenvalue weighted by Crippen LogP contribution is -2.20. The molecule has 0 fully saturated rings. The van der Waals surface area contributed by atoms with Crippen molar-refractivity contribution in [1.29, 1.82) is 0 Å². The lowest BCUT2D eigenvalue weighted by Gasteiger charge is -2.07. The van der Waals surface area contributed by atoms with Crippen LogP contribution in [-0.4, -0.2) is 27.2 Å². The first-order chi connectivity index (χ1) is 7.09. The van der Waals surface area contributed by atoms with Gasteiger partial charge in [0.2, 0.25) is 0 Å². The number of rotatable bonds is 6. The van der Waals surface area contributed by atoms with Gasteiger partial charge in [0.25, 0.3) is 0 Å². The quantitative estimate of drug-likeness (QED) is 0.802. The molecule has 0 radical (unpaired) electrons. The summed E-state index contributed by atoms with van der Waals surface area (Å²) in [5.74, 6) is 0. The van der Waals surface area contributed by atoms with Gasteiger partial charge in [-0.05, 0) is 13.0 Å². The highest BCUT2D eigenvalue weighted by molar-refractivity contribution is 7.84. The van der Waals surface area contributed by atoms with Crippen molar-refractivity contribution in [1.82, 2.24) is 10.3 Å². The molecule has 1 heterocycles. The second-order valence-corrected chi connectivity index (χ2v) is 6.88. The Morgan fingerprint density at radius 1 is 1.73 bits per heavy atom. The Balaban J connectivity index is 2.14. The van der Waals surface area contributed by atoms with Crippen LogP contribution >= 0.6 is 22.9 Å². The summed E-state index contributed by atoms with van der Waals surface area (Å²) in [6.45, 7) is 3.59. The van der Waals surface area contributed by atoms with Crippen LogP contribution in [0.1, 0.15) is 18.4 Å². The van der Waals surface area contributed by atoms with E-state index in [1.54, 1.807) is 12.5 Å². The Bertz CT molecular complexity index is 330. The molecule has 0 saturated heterocycles. The van der Waals surface area contributed by atoms with Crippen LogP contribution in [-0.2, 0) is 17.3 Å². The molecule has 6 heteroatoms. The SMILES string of the molecule is CC(CCNCc1ncc(Cl)s1)S(C)=O. The van der Waals surface area contributed by atoms with Gasteiger partial charge in [0.05, 0.1) is 6.20 Å². The Hall–Kier alpha value is 0.0300. The minimum absolute atomic E-state index is 0.248. The summed E-state index contributed by atoms with van der Waals surface area (Å²) in [5.41, 5.74) is 0. The highest BCUT2D eigenvalue weighted by Crippen LogP contribution is 2.17. The highest BCUT2D eigenvalue weighted by Gasteiger charge is 2.05. The summed E-state index contributed by atoms with van der Waals surface area (Å²) in [6, 6.07) is 0. The van der Waals surface area contributed by atoms with E-state index >= 15 is 0 Å². The van der Waals surface area contributed by atoms with E-state index in [1.807, 2.05) is 6.92 Å². The van der Waals surface area contributed by atoms with Crippen molar-refractivity contribution in [3.05, 3.63) is 15.5 Å². The Morgan fingerprint density at radius 3 is 3.00 bits per heavy atom. The van der Waals surface area contributed by atoms with Gasteiger partial charge < -0.3 is 5.32 Å². The maximum Gasteiger partial charge on any atom is 0.113 e. The standard InChI is InChI=1S/C9H15ClN2OS2/c1-7(15(2)13)3-4-11-6-9-12-5-8(10)14-9/h5,7,11H,3-4,6H2,1-2H3. The van der Waals surface area contributed by atoms with E-state index in [2.05, 4.69) is 10.3 Å². The summed E-state index contributed by atoms with van der Waals surface area (Å²) in [7, 11) is -0.728. The van der Waals surface area contributed by atoms with Gasteiger partial charge in [0.1, 0.15) is 9.34 Å². The fraction of sp³-hybridized carbons (Fsp3) is 0.667. The van der Waals surface area contributed by atoms with Gasteiger partial charge >= 0.3 is 0 Å². The number of aromatic nitrogens is 1. The number of nitrogens with zero attached hydrogens (tertiary/aromatic N) is 1. The number of hydrogen-bond acceptors (Lipinski definition) is 4. The molecular weight excluding hydrogens is 252 g/mol. The first kappa shape index (κ1) is 13.1. The Morgan fingerprint density at radius 2 is 2.47 bits per heavy atom. The predicted molar refractivity (Wildman–Crippen MR) is 67.0 cm³/mol. The largest absolute Gasteiger partial charge is 0.310 e. The third kappa shape index (κ3) is 5.06. The second-order valence-electron chi connectivity index (χ2n) is 3.33. The molecule has 86 valence electrons. The van der Waals surface area contributed by atoms with Crippen LogP contribution < -0.4 is 5.32 Å². The molecule has 1 aromatic rings. The lowest BCUT2D eigenvalue weighted by atomic mass is 10.3. The van der Waals surface area contributed by atoms with Crippen LogP contribution in [0.5, 0.6) is 0 Å². The number of nitrogens with one attached hydrogen (secondary N) is 1. The molecule has 0 spiro atoms. The van der Waals surface area contributed by atoms with Gasteiger partial charge in [-0.2, -0.15) is 0 Å². The zero-order valence-electron chi connectivity index (χ0n) is 8.83. The molecule has 0 aliphatic carbocycles. The van der Waals surface area contributed by atoms with Crippen molar-refractivity contribution in [2.24, 2.45) is 0 Å². The number of thiazole rings is 1. The van der Waals surface area contributed by atoms with E-state index in [9.17, 15) is 4.21 Å². The van der Waals surface area contributed by atoms with Crippen molar-refractivity contribution >= 4 is 33.7 Å². The van der Waals surface area contributed by atoms with Crippen LogP contribution in [0.15, 0.2) is 6.20 Å². The molecule has 0 bridgehead atoms. The fourth-order valence-electron chi connectivity index (χ4n) is 1.04. The van der Waals surface area contributed by atoms with Gasteiger partial charge in [-0.25, -0.2) is 4.98 Å². The van der Waals surface area contributed by atoms with E-state index in [4.69, 9.17) is 11.6 Å². The third-order valence-corrected chi connectivity index (χ3v) is 4.58. The van der Waals surface area contributed by atoms with E-state index < -0.39 is 10.8 Å². The van der Waals surface area contributed by atoms with E-state index in [0.717, 1.165) is 28.9 Å². The Kier molecular flexibility index (Phi) is 5.74. The molecule has 1 rings (SSSR count). The summed E-state index contributed by atoms with van der Waals surface area (Å²) in [5, 5.41) is 4.49. The minimum Gasteiger partial charge on any atom is -0.310 e. The first-order valence-electron chi connectivity index (χ1n) is 4.72. The average molecular weight is 267 g/mol. The second kappa shape index (κ2) is 6.58. The molecule has 1 aromatic heterocycles. The van der Waals surface area contributed by atoms with Crippen LogP contribution in [0, 0.1) is 0 Å². The normalized spacial score (nSPS) is 15.1. The van der Waals surface area contributed by atoms with Crippen molar-refractivity contribution in [3.63, 3.8) is 0 Å². The predicted octanol–water partition coefficient (Wildman–Crippen LogP) is 2.04. The van der Waals surface area contributed by atoms with Crippen molar-refractivity contribution in [3.8, 4) is 0 Å². The lowest BCUT2D eigenvalue weighted by molar-refractivity contribution is 0.627. The van der Waals surface area contributed by atoms with Gasteiger partial charge in [-0.1, -0.05) is 18.5 Å². The van der Waals surface area contributed by atoms with Gasteiger partial charge in [-0.3, -0.25) is 4.21 Å². The molecule has 15 heavy (non-hydrogen) atoms. The molecule has 0 aliphatic heterocycles. The van der Waals surface area contributed by atoms with E-state index in [0.29, 0.717) is 0 Å². The molecular formula is C9H15ClN2OS2. The summed E-state index contributed by atoms with van der Waals surface area (Å²) in [4.78, 5) is 4.13. The number of halogens is 1. The molecule has 2 atom stereocenters. The van der Waals surface area contributed by atoms with Crippen molar-refractivity contribution < 1.29 is 4.21 Å². The summed E-state index contributed by atoms with van der Waals surface area (Å²) in [6.07, 6.45) is 4.32. The van der Waals surface area contributed by atoms with Crippen LogP contribution in [0.25, 0.3) is 0 Å². The zero-order valence-corrected chi connectivity index (χ0v) is 11.2. The average Bonchev–Trinajstić information content (AvgIpc) is 2.58. The summed E-state index contributed by atoms with van der Waals surface area (Å²) < 4.78 is 11.8. The Labute approximate surface area is 102 Å². The van der Waals surface area contributed by atoms with Gasteiger partial charge in [0, 0.05) is 28.9 Å². The molecule has 0 saturated carbocycles. The summed E-state index contributed by atoms with van der Waals surface area (Å²) >= 11 is 7.24. The van der Waals surface area contributed by atoms with Crippen LogP contribution in [0.4, 0.5) is 0 Å². The monoisotopic (exact) mass is 266 g/mol. The van der Waals surface area contributed by atoms with E-state index in [1.165, 1.54) is 11.3 Å². The van der Waals surface area contributed by atoms with Crippen LogP contribution in [0.3, 0.4) is 0 Å². The van der Waals surface area contributed by atoms with Gasteiger partial charge in [-0.15, -0.1) is 11.3 Å². The maximum atomic E-state index is 11.1. The smallest absolute Gasteiger partial charge is 0.113 e. The molecule has 0 aromatic carbocycles. The fourth-order valence-corrected chi connectivity index (χ4v) is 2.41. The van der Waals surface area contributed by atoms with Crippen molar-refractivity contribution in [2.75, 3.05) is 12.8 Å². The highest BCUT2D eigenvalue weighted by atomic mass is 35.5. The topological polar surface area (TPSA) is 42.0 Å². The molecule has 2 unspecified atom stereocenters. The zero-order chi connectivity index (χ0) is 11.3. The van der Waals surface area contributed by atoms with Gasteiger partial charge in [0.15, 0.2) is 0 Å². The molecule has 1 N–H and O–H groups in total.